The number of nitrogens with zero attached hydrogens (tertiary/aromatic N) is 1. The Morgan fingerprint density at radius 1 is 1.04 bits per heavy atom. The third-order valence-electron chi connectivity index (χ3n) is 5.24. The van der Waals surface area contributed by atoms with Crippen LogP contribution in [0, 0.1) is 17.7 Å². The summed E-state index contributed by atoms with van der Waals surface area (Å²) in [6.45, 7) is 0. The first-order valence-corrected chi connectivity index (χ1v) is 9.44. The third-order valence-corrected chi connectivity index (χ3v) is 5.77. The first kappa shape index (κ1) is 18.8. The quantitative estimate of drug-likeness (QED) is 0.579. The van der Waals surface area contributed by atoms with Crippen molar-refractivity contribution in [2.24, 2.45) is 11.8 Å². The van der Waals surface area contributed by atoms with Gasteiger partial charge in [0.2, 0.25) is 11.8 Å². The molecule has 0 spiro atoms. The highest BCUT2D eigenvalue weighted by molar-refractivity contribution is 9.10. The molecule has 0 aromatic heterocycles. The first-order chi connectivity index (χ1) is 13.4. The maximum absolute atomic E-state index is 13.3. The largest absolute Gasteiger partial charge is 0.468 e. The molecule has 0 unspecified atom stereocenters. The van der Waals surface area contributed by atoms with Crippen LogP contribution in [-0.4, -0.2) is 30.9 Å². The number of ether oxygens (including phenoxy) is 1. The summed E-state index contributed by atoms with van der Waals surface area (Å²) in [5.74, 6) is -3.64. The molecule has 2 aliphatic heterocycles. The highest BCUT2D eigenvalue weighted by Crippen LogP contribution is 2.45. The molecule has 28 heavy (non-hydrogen) atoms. The highest BCUT2D eigenvalue weighted by Gasteiger charge is 2.61. The fourth-order valence-electron chi connectivity index (χ4n) is 3.97. The van der Waals surface area contributed by atoms with Gasteiger partial charge in [0, 0.05) is 10.5 Å². The molecular weight excluding hydrogens is 431 g/mol. The lowest BCUT2D eigenvalue weighted by molar-refractivity contribution is -0.145. The normalized spacial score (nSPS) is 26.5. The maximum atomic E-state index is 13.3. The number of esters is 1. The van der Waals surface area contributed by atoms with Crippen molar-refractivity contribution in [2.45, 2.75) is 12.1 Å². The van der Waals surface area contributed by atoms with Gasteiger partial charge in [0.1, 0.15) is 11.9 Å². The number of hydrogen-bond acceptors (Lipinski definition) is 5. The van der Waals surface area contributed by atoms with E-state index in [0.717, 1.165) is 14.9 Å². The SMILES string of the molecule is COC(=O)[C@@H]1N[C@H](c2ccc(Br)cc2)[C@@H]2C(=O)N(c3ccc(F)cc3)C(=O)[C@@H]21. The second-order valence-corrected chi connectivity index (χ2v) is 7.65. The monoisotopic (exact) mass is 446 g/mol. The summed E-state index contributed by atoms with van der Waals surface area (Å²) in [5, 5.41) is 3.10. The molecule has 2 saturated heterocycles. The molecule has 2 fully saturated rings. The molecule has 2 amide bonds. The standard InChI is InChI=1S/C20H16BrFN2O4/c1-28-20(27)17-15-14(16(23-17)10-2-4-11(21)5-3-10)18(25)24(19(15)26)13-8-6-12(22)7-9-13/h2-9,14-17,23H,1H3/t14-,15+,16-,17-/m1/s1. The number of benzene rings is 2. The van der Waals surface area contributed by atoms with E-state index in [9.17, 15) is 18.8 Å². The van der Waals surface area contributed by atoms with Crippen LogP contribution < -0.4 is 10.2 Å². The van der Waals surface area contributed by atoms with Crippen LogP contribution in [0.4, 0.5) is 10.1 Å². The molecule has 6 nitrogen and oxygen atoms in total. The summed E-state index contributed by atoms with van der Waals surface area (Å²) >= 11 is 3.37. The van der Waals surface area contributed by atoms with E-state index in [1.165, 1.54) is 31.4 Å². The van der Waals surface area contributed by atoms with Crippen LogP contribution in [0.2, 0.25) is 0 Å². The maximum Gasteiger partial charge on any atom is 0.323 e. The summed E-state index contributed by atoms with van der Waals surface area (Å²) < 4.78 is 19.0. The average molecular weight is 447 g/mol. The summed E-state index contributed by atoms with van der Waals surface area (Å²) in [6, 6.07) is 11.0. The van der Waals surface area contributed by atoms with Gasteiger partial charge >= 0.3 is 5.97 Å². The molecule has 2 heterocycles. The number of carbonyl (C=O) groups is 3. The molecule has 2 aromatic carbocycles. The Bertz CT molecular complexity index is 948. The number of halogens is 2. The molecule has 2 aromatic rings. The van der Waals surface area contributed by atoms with E-state index in [1.54, 1.807) is 0 Å². The summed E-state index contributed by atoms with van der Waals surface area (Å²) in [7, 11) is 1.24. The van der Waals surface area contributed by atoms with E-state index >= 15 is 0 Å². The summed E-state index contributed by atoms with van der Waals surface area (Å²) in [4.78, 5) is 39.6. The molecule has 0 bridgehead atoms. The van der Waals surface area contributed by atoms with E-state index in [2.05, 4.69) is 21.2 Å². The number of hydrogen-bond donors (Lipinski definition) is 1. The fourth-order valence-corrected chi connectivity index (χ4v) is 4.24. The van der Waals surface area contributed by atoms with Crippen molar-refractivity contribution in [1.82, 2.24) is 5.32 Å². The van der Waals surface area contributed by atoms with Gasteiger partial charge < -0.3 is 4.74 Å². The molecule has 0 aliphatic carbocycles. The molecule has 4 rings (SSSR count). The predicted molar refractivity (Wildman–Crippen MR) is 102 cm³/mol. The Kier molecular flexibility index (Phi) is 4.76. The van der Waals surface area contributed by atoms with Crippen molar-refractivity contribution in [2.75, 3.05) is 12.0 Å². The van der Waals surface area contributed by atoms with E-state index in [1.807, 2.05) is 24.3 Å². The van der Waals surface area contributed by atoms with Gasteiger partial charge in [-0.1, -0.05) is 28.1 Å². The van der Waals surface area contributed by atoms with E-state index in [4.69, 9.17) is 4.74 Å². The van der Waals surface area contributed by atoms with Crippen molar-refractivity contribution >= 4 is 39.4 Å². The van der Waals surface area contributed by atoms with Gasteiger partial charge in [-0.2, -0.15) is 0 Å². The number of rotatable bonds is 3. The minimum absolute atomic E-state index is 0.281. The second kappa shape index (κ2) is 7.10. The molecule has 0 radical (unpaired) electrons. The summed E-state index contributed by atoms with van der Waals surface area (Å²) in [5.41, 5.74) is 1.07. The minimum Gasteiger partial charge on any atom is -0.468 e. The van der Waals surface area contributed by atoms with Gasteiger partial charge in [-0.15, -0.1) is 0 Å². The molecule has 0 saturated carbocycles. The second-order valence-electron chi connectivity index (χ2n) is 6.74. The Hall–Kier alpha value is -2.58. The topological polar surface area (TPSA) is 75.7 Å². The molecular formula is C20H16BrFN2O4. The lowest BCUT2D eigenvalue weighted by Crippen LogP contribution is -2.43. The zero-order chi connectivity index (χ0) is 20.0. The van der Waals surface area contributed by atoms with Crippen molar-refractivity contribution in [1.29, 1.82) is 0 Å². The van der Waals surface area contributed by atoms with Crippen LogP contribution in [0.3, 0.4) is 0 Å². The van der Waals surface area contributed by atoms with Crippen LogP contribution in [0.25, 0.3) is 0 Å². The molecule has 1 N–H and O–H groups in total. The van der Waals surface area contributed by atoms with Crippen LogP contribution in [0.5, 0.6) is 0 Å². The van der Waals surface area contributed by atoms with Crippen molar-refractivity contribution in [3.05, 3.63) is 64.4 Å². The summed E-state index contributed by atoms with van der Waals surface area (Å²) in [6.07, 6.45) is 0. The molecule has 8 heteroatoms. The third kappa shape index (κ3) is 2.93. The number of nitrogens with one attached hydrogen (secondary N) is 1. The van der Waals surface area contributed by atoms with E-state index in [-0.39, 0.29) is 5.69 Å². The highest BCUT2D eigenvalue weighted by atomic mass is 79.9. The number of carbonyl (C=O) groups excluding carboxylic acids is 3. The molecule has 2 aliphatic rings. The van der Waals surface area contributed by atoms with Crippen LogP contribution in [0.1, 0.15) is 11.6 Å². The Morgan fingerprint density at radius 2 is 1.64 bits per heavy atom. The van der Waals surface area contributed by atoms with Gasteiger partial charge in [-0.3, -0.25) is 19.7 Å². The number of fused-ring (bicyclic) bond motifs is 1. The average Bonchev–Trinajstić information content (AvgIpc) is 3.20. The number of methoxy groups -OCH3 is 1. The van der Waals surface area contributed by atoms with Crippen molar-refractivity contribution < 1.29 is 23.5 Å². The Balaban J connectivity index is 1.76. The van der Waals surface area contributed by atoms with Gasteiger partial charge in [-0.25, -0.2) is 9.29 Å². The van der Waals surface area contributed by atoms with Gasteiger partial charge in [0.15, 0.2) is 0 Å². The van der Waals surface area contributed by atoms with Gasteiger partial charge in [0.05, 0.1) is 24.6 Å². The lowest BCUT2D eigenvalue weighted by atomic mass is 9.86. The zero-order valence-corrected chi connectivity index (χ0v) is 16.4. The number of amides is 2. The van der Waals surface area contributed by atoms with E-state index < -0.39 is 47.5 Å². The zero-order valence-electron chi connectivity index (χ0n) is 14.8. The van der Waals surface area contributed by atoms with Crippen LogP contribution in [0.15, 0.2) is 53.0 Å². The van der Waals surface area contributed by atoms with Crippen LogP contribution >= 0.6 is 15.9 Å². The fraction of sp³-hybridized carbons (Fsp3) is 0.250. The predicted octanol–water partition coefficient (Wildman–Crippen LogP) is 2.58. The molecule has 4 atom stereocenters. The van der Waals surface area contributed by atoms with Crippen LogP contribution in [-0.2, 0) is 19.1 Å². The first-order valence-electron chi connectivity index (χ1n) is 8.65. The number of imide groups is 1. The lowest BCUT2D eigenvalue weighted by Gasteiger charge is -2.22. The molecule has 144 valence electrons. The number of anilines is 1. The Labute approximate surface area is 168 Å². The van der Waals surface area contributed by atoms with Gasteiger partial charge in [-0.05, 0) is 42.0 Å². The van der Waals surface area contributed by atoms with Crippen molar-refractivity contribution in [3.8, 4) is 0 Å². The minimum atomic E-state index is -0.939. The smallest absolute Gasteiger partial charge is 0.323 e. The Morgan fingerprint density at radius 3 is 2.25 bits per heavy atom. The van der Waals surface area contributed by atoms with E-state index in [0.29, 0.717) is 0 Å². The van der Waals surface area contributed by atoms with Gasteiger partial charge in [0.25, 0.3) is 0 Å². The van der Waals surface area contributed by atoms with Crippen molar-refractivity contribution in [3.63, 3.8) is 0 Å².